The van der Waals surface area contributed by atoms with Crippen molar-refractivity contribution in [3.05, 3.63) is 79.2 Å². The van der Waals surface area contributed by atoms with Crippen molar-refractivity contribution in [3.8, 4) is 23.0 Å². The van der Waals surface area contributed by atoms with E-state index in [0.717, 1.165) is 36.7 Å². The minimum Gasteiger partial charge on any atom is -0.493 e. The molecule has 2 bridgehead atoms. The Hall–Kier alpha value is -5.19. The lowest BCUT2D eigenvalue weighted by molar-refractivity contribution is -0.131. The third-order valence-electron chi connectivity index (χ3n) is 8.85. The van der Waals surface area contributed by atoms with Crippen LogP contribution in [0.1, 0.15) is 31.2 Å². The summed E-state index contributed by atoms with van der Waals surface area (Å²) >= 11 is 0. The number of imidazole rings is 1. The van der Waals surface area contributed by atoms with Gasteiger partial charge in [-0.2, -0.15) is 0 Å². The third kappa shape index (κ3) is 5.17. The first kappa shape index (κ1) is 28.6. The Morgan fingerprint density at radius 3 is 2.58 bits per heavy atom. The Balaban J connectivity index is 1.14. The fraction of sp³-hybridized carbons (Fsp3) is 0.294. The van der Waals surface area contributed by atoms with E-state index in [9.17, 15) is 4.79 Å². The van der Waals surface area contributed by atoms with Gasteiger partial charge in [0.05, 0.1) is 35.7 Å². The number of aromatic nitrogens is 4. The zero-order valence-corrected chi connectivity index (χ0v) is 25.3. The lowest BCUT2D eigenvalue weighted by atomic mass is 9.99. The highest BCUT2D eigenvalue weighted by atomic mass is 19.1. The van der Waals surface area contributed by atoms with Crippen LogP contribution in [0.4, 0.5) is 15.9 Å². The molecule has 0 aliphatic carbocycles. The molecule has 10 nitrogen and oxygen atoms in total. The number of amides is 1. The standard InChI is InChI=1S/C34H33FN6O4/c1-5-32(42)41-20-6-7-21(41)13-23(12-20)45-31-15-24-26(16-30(31)43-4)36-17-37-34(24)39-25-9-11-29(19(2)33(25)35)44-22-8-10-28-27(14-22)38-18-40(28)3/h5,8-11,14-18,20-21,23H,1,6-7,12-13H2,2-4H3,(H,36,37,39)/t20-,21+,23?. The number of aryl methyl sites for hydroxylation is 1. The van der Waals surface area contributed by atoms with Crippen LogP contribution in [0.2, 0.25) is 0 Å². The molecule has 2 aliphatic heterocycles. The van der Waals surface area contributed by atoms with E-state index in [2.05, 4.69) is 26.8 Å². The normalized spacial score (nSPS) is 19.1. The van der Waals surface area contributed by atoms with Gasteiger partial charge in [-0.3, -0.25) is 4.79 Å². The van der Waals surface area contributed by atoms with E-state index >= 15 is 4.39 Å². The maximum Gasteiger partial charge on any atom is 0.246 e. The summed E-state index contributed by atoms with van der Waals surface area (Å²) < 4.78 is 35.9. The van der Waals surface area contributed by atoms with Gasteiger partial charge in [-0.25, -0.2) is 19.3 Å². The van der Waals surface area contributed by atoms with E-state index in [1.807, 2.05) is 40.8 Å². The van der Waals surface area contributed by atoms with Gasteiger partial charge in [0, 0.05) is 55.1 Å². The van der Waals surface area contributed by atoms with Crippen molar-refractivity contribution in [1.82, 2.24) is 24.4 Å². The Labute approximate surface area is 259 Å². The Morgan fingerprint density at radius 1 is 1.02 bits per heavy atom. The first-order chi connectivity index (χ1) is 21.8. The molecule has 1 unspecified atom stereocenters. The fourth-order valence-corrected chi connectivity index (χ4v) is 6.59. The molecule has 0 spiro atoms. The lowest BCUT2D eigenvalue weighted by Gasteiger charge is -2.38. The molecule has 1 amide bonds. The number of hydrogen-bond donors (Lipinski definition) is 1. The number of fused-ring (bicyclic) bond motifs is 4. The Bertz CT molecular complexity index is 1940. The Morgan fingerprint density at radius 2 is 1.82 bits per heavy atom. The summed E-state index contributed by atoms with van der Waals surface area (Å²) in [6.07, 6.45) is 7.82. The molecular formula is C34H33FN6O4. The quantitative estimate of drug-likeness (QED) is 0.197. The molecular weight excluding hydrogens is 575 g/mol. The topological polar surface area (TPSA) is 104 Å². The number of halogens is 1. The number of nitrogens with zero attached hydrogens (tertiary/aromatic N) is 5. The van der Waals surface area contributed by atoms with Crippen molar-refractivity contribution in [3.63, 3.8) is 0 Å². The summed E-state index contributed by atoms with van der Waals surface area (Å²) in [6, 6.07) is 12.8. The van der Waals surface area contributed by atoms with Crippen LogP contribution in [0, 0.1) is 12.7 Å². The Kier molecular flexibility index (Phi) is 7.23. The molecule has 1 N–H and O–H groups in total. The highest BCUT2D eigenvalue weighted by Crippen LogP contribution is 2.41. The van der Waals surface area contributed by atoms with Crippen molar-refractivity contribution >= 4 is 39.3 Å². The number of ether oxygens (including phenoxy) is 3. The lowest BCUT2D eigenvalue weighted by Crippen LogP contribution is -2.48. The van der Waals surface area contributed by atoms with Crippen LogP contribution < -0.4 is 19.5 Å². The number of piperidine rings is 1. The van der Waals surface area contributed by atoms with Gasteiger partial charge in [0.25, 0.3) is 0 Å². The van der Waals surface area contributed by atoms with E-state index in [-0.39, 0.29) is 29.8 Å². The van der Waals surface area contributed by atoms with Gasteiger partial charge in [-0.1, -0.05) is 6.58 Å². The van der Waals surface area contributed by atoms with Crippen molar-refractivity contribution in [2.75, 3.05) is 12.4 Å². The average molecular weight is 609 g/mol. The number of anilines is 2. The van der Waals surface area contributed by atoms with E-state index < -0.39 is 5.82 Å². The smallest absolute Gasteiger partial charge is 0.246 e. The fourth-order valence-electron chi connectivity index (χ4n) is 6.59. The first-order valence-electron chi connectivity index (χ1n) is 14.9. The molecule has 2 saturated heterocycles. The summed E-state index contributed by atoms with van der Waals surface area (Å²) in [6.45, 7) is 5.33. The molecule has 45 heavy (non-hydrogen) atoms. The minimum absolute atomic E-state index is 0.0230. The van der Waals surface area contributed by atoms with E-state index in [1.54, 1.807) is 38.6 Å². The largest absolute Gasteiger partial charge is 0.493 e. The average Bonchev–Trinajstić information content (AvgIpc) is 3.55. The van der Waals surface area contributed by atoms with Gasteiger partial charge in [0.15, 0.2) is 17.3 Å². The van der Waals surface area contributed by atoms with Crippen molar-refractivity contribution in [2.24, 2.45) is 7.05 Å². The molecule has 11 heteroatoms. The van der Waals surface area contributed by atoms with Gasteiger partial charge >= 0.3 is 0 Å². The summed E-state index contributed by atoms with van der Waals surface area (Å²) in [5.74, 6) is 1.99. The number of nitrogens with one attached hydrogen (secondary N) is 1. The third-order valence-corrected chi connectivity index (χ3v) is 8.85. The number of benzene rings is 3. The zero-order chi connectivity index (χ0) is 31.2. The van der Waals surface area contributed by atoms with Crippen molar-refractivity contribution < 1.29 is 23.4 Å². The number of carbonyl (C=O) groups is 1. The van der Waals surface area contributed by atoms with Crippen LogP contribution in [0.25, 0.3) is 21.9 Å². The maximum atomic E-state index is 15.7. The predicted molar refractivity (Wildman–Crippen MR) is 169 cm³/mol. The predicted octanol–water partition coefficient (Wildman–Crippen LogP) is 6.60. The van der Waals surface area contributed by atoms with E-state index in [4.69, 9.17) is 14.2 Å². The second-order valence-electron chi connectivity index (χ2n) is 11.6. The number of rotatable bonds is 8. The monoisotopic (exact) mass is 608 g/mol. The summed E-state index contributed by atoms with van der Waals surface area (Å²) in [5, 5.41) is 3.80. The second kappa shape index (κ2) is 11.4. The van der Waals surface area contributed by atoms with Crippen LogP contribution in [-0.4, -0.2) is 55.6 Å². The summed E-state index contributed by atoms with van der Waals surface area (Å²) in [7, 11) is 3.51. The van der Waals surface area contributed by atoms with Crippen molar-refractivity contribution in [1.29, 1.82) is 0 Å². The van der Waals surface area contributed by atoms with Gasteiger partial charge in [0.1, 0.15) is 29.7 Å². The van der Waals surface area contributed by atoms with Crippen LogP contribution in [-0.2, 0) is 11.8 Å². The van der Waals surface area contributed by atoms with Gasteiger partial charge in [0.2, 0.25) is 5.91 Å². The molecule has 230 valence electrons. The summed E-state index contributed by atoms with van der Waals surface area (Å²) in [5.41, 5.74) is 2.98. The van der Waals surface area contributed by atoms with Gasteiger partial charge in [-0.15, -0.1) is 0 Å². The number of methoxy groups -OCH3 is 1. The first-order valence-corrected chi connectivity index (χ1v) is 14.9. The van der Waals surface area contributed by atoms with Gasteiger partial charge < -0.3 is 29.0 Å². The minimum atomic E-state index is -0.459. The highest BCUT2D eigenvalue weighted by Gasteiger charge is 2.43. The van der Waals surface area contributed by atoms with Gasteiger partial charge in [-0.05, 0) is 56.2 Å². The van der Waals surface area contributed by atoms with E-state index in [1.165, 1.54) is 12.4 Å². The van der Waals surface area contributed by atoms with Crippen LogP contribution in [0.15, 0.2) is 67.8 Å². The number of hydrogen-bond acceptors (Lipinski definition) is 8. The second-order valence-corrected chi connectivity index (χ2v) is 11.6. The highest BCUT2D eigenvalue weighted by molar-refractivity contribution is 5.93. The molecule has 0 saturated carbocycles. The zero-order valence-electron chi connectivity index (χ0n) is 25.3. The molecule has 3 atom stereocenters. The molecule has 7 rings (SSSR count). The molecule has 0 radical (unpaired) electrons. The van der Waals surface area contributed by atoms with Crippen LogP contribution in [0.5, 0.6) is 23.0 Å². The van der Waals surface area contributed by atoms with Crippen LogP contribution >= 0.6 is 0 Å². The maximum absolute atomic E-state index is 15.7. The summed E-state index contributed by atoms with van der Waals surface area (Å²) in [4.78, 5) is 27.6. The molecule has 5 aromatic rings. The molecule has 2 aromatic heterocycles. The molecule has 3 aromatic carbocycles. The molecule has 2 aliphatic rings. The van der Waals surface area contributed by atoms with E-state index in [0.29, 0.717) is 45.3 Å². The van der Waals surface area contributed by atoms with Crippen LogP contribution in [0.3, 0.4) is 0 Å². The SMILES string of the molecule is C=CC(=O)N1[C@@H]2CC[C@H]1CC(Oc1cc3c(Nc4ccc(Oc5ccc6c(c5)ncn6C)c(C)c4F)ncnc3cc1OC)C2. The van der Waals surface area contributed by atoms with Crippen molar-refractivity contribution in [2.45, 2.75) is 50.8 Å². The molecule has 2 fully saturated rings. The number of carbonyl (C=O) groups excluding carboxylic acids is 1. The molecule has 4 heterocycles.